The molecular weight excluding hydrogens is 251 g/mol. The van der Waals surface area contributed by atoms with Gasteiger partial charge in [-0.1, -0.05) is 36.4 Å². The molecule has 0 aromatic heterocycles. The maximum atomic E-state index is 2.36. The van der Waals surface area contributed by atoms with Gasteiger partial charge >= 0.3 is 34.6 Å². The van der Waals surface area contributed by atoms with Crippen molar-refractivity contribution in [1.82, 2.24) is 0 Å². The molecule has 0 spiro atoms. The van der Waals surface area contributed by atoms with E-state index in [1.54, 1.807) is 0 Å². The molecule has 0 unspecified atom stereocenters. The van der Waals surface area contributed by atoms with Crippen molar-refractivity contribution in [2.75, 3.05) is 0 Å². The van der Waals surface area contributed by atoms with Gasteiger partial charge in [0.2, 0.25) is 0 Å². The first kappa shape index (κ1) is 9.84. The number of benzene rings is 1. The summed E-state index contributed by atoms with van der Waals surface area (Å²) in [5, 5.41) is 0. The fourth-order valence-electron chi connectivity index (χ4n) is 0.898. The second-order valence-electron chi connectivity index (χ2n) is 3.46. The fraction of sp³-hybridized carbons (Fsp3) is 0.273. The SMILES string of the molecule is C1=Cc2ccccc21.[CH3][Sn]([CH3])[CH3]. The second-order valence-corrected chi connectivity index (χ2v) is 12.0. The summed E-state index contributed by atoms with van der Waals surface area (Å²) in [6, 6.07) is 8.36. The standard InChI is InChI=1S/C8H6.3CH3.Sn/c1-2-4-8-6-5-7(8)3-1;;;;/h1-6H;3*1H3;. The van der Waals surface area contributed by atoms with Crippen LogP contribution in [0.2, 0.25) is 14.8 Å². The maximum absolute atomic E-state index is 2.36. The van der Waals surface area contributed by atoms with Crippen LogP contribution >= 0.6 is 0 Å². The van der Waals surface area contributed by atoms with Gasteiger partial charge in [-0.2, -0.15) is 0 Å². The Balaban J connectivity index is 0.000000157. The Labute approximate surface area is 82.0 Å². The molecule has 0 saturated carbocycles. The third-order valence-electron chi connectivity index (χ3n) is 1.44. The first-order valence-corrected chi connectivity index (χ1v) is 12.8. The van der Waals surface area contributed by atoms with Gasteiger partial charge in [0.25, 0.3) is 0 Å². The van der Waals surface area contributed by atoms with Crippen LogP contribution in [0.3, 0.4) is 0 Å². The van der Waals surface area contributed by atoms with E-state index in [-0.39, 0.29) is 0 Å². The van der Waals surface area contributed by atoms with Crippen molar-refractivity contribution in [3.8, 4) is 0 Å². The molecular formula is C11H15Sn. The van der Waals surface area contributed by atoms with Crippen molar-refractivity contribution in [3.63, 3.8) is 0 Å². The van der Waals surface area contributed by atoms with E-state index in [0.717, 1.165) is 0 Å². The topological polar surface area (TPSA) is 0 Å². The number of hydrogen-bond donors (Lipinski definition) is 0. The first-order valence-electron chi connectivity index (χ1n) is 4.24. The minimum atomic E-state index is -0.543. The van der Waals surface area contributed by atoms with E-state index in [1.807, 2.05) is 0 Å². The molecule has 0 saturated heterocycles. The molecule has 0 atom stereocenters. The molecule has 1 aliphatic rings. The van der Waals surface area contributed by atoms with Crippen LogP contribution < -0.4 is 0 Å². The Morgan fingerprint density at radius 2 is 1.17 bits per heavy atom. The van der Waals surface area contributed by atoms with E-state index in [1.165, 1.54) is 11.1 Å². The van der Waals surface area contributed by atoms with E-state index in [0.29, 0.717) is 0 Å². The summed E-state index contributed by atoms with van der Waals surface area (Å²) in [4.78, 5) is 7.09. The Morgan fingerprint density at radius 3 is 1.33 bits per heavy atom. The molecule has 12 heavy (non-hydrogen) atoms. The quantitative estimate of drug-likeness (QED) is 0.640. The Hall–Kier alpha value is -0.241. The minimum absolute atomic E-state index is 0.543. The summed E-state index contributed by atoms with van der Waals surface area (Å²) in [7, 11) is 0. The van der Waals surface area contributed by atoms with Crippen molar-refractivity contribution in [3.05, 3.63) is 35.4 Å². The van der Waals surface area contributed by atoms with Crippen molar-refractivity contribution < 1.29 is 0 Å². The molecule has 1 heteroatoms. The third kappa shape index (κ3) is 3.01. The molecule has 0 aliphatic heterocycles. The zero-order valence-electron chi connectivity index (χ0n) is 7.96. The zero-order chi connectivity index (χ0) is 8.97. The van der Waals surface area contributed by atoms with Gasteiger partial charge in [-0.25, -0.2) is 0 Å². The van der Waals surface area contributed by atoms with Gasteiger partial charge in [0.15, 0.2) is 0 Å². The van der Waals surface area contributed by atoms with E-state index < -0.39 is 19.8 Å². The number of fused-ring (bicyclic) bond motifs is 1. The molecule has 1 aromatic carbocycles. The molecule has 0 bridgehead atoms. The van der Waals surface area contributed by atoms with Crippen LogP contribution in [0.25, 0.3) is 12.2 Å². The number of rotatable bonds is 0. The first-order chi connectivity index (χ1) is 5.70. The van der Waals surface area contributed by atoms with Crippen molar-refractivity contribution in [2.24, 2.45) is 0 Å². The normalized spacial score (nSPS) is 11.3. The molecule has 0 amide bonds. The molecule has 0 heterocycles. The van der Waals surface area contributed by atoms with Gasteiger partial charge in [0.1, 0.15) is 0 Å². The summed E-state index contributed by atoms with van der Waals surface area (Å²) < 4.78 is 0. The van der Waals surface area contributed by atoms with Gasteiger partial charge in [0.05, 0.1) is 0 Å². The molecule has 2 rings (SSSR count). The molecule has 0 fully saturated rings. The van der Waals surface area contributed by atoms with E-state index in [9.17, 15) is 0 Å². The van der Waals surface area contributed by atoms with Crippen LogP contribution in [0.4, 0.5) is 0 Å². The molecule has 0 nitrogen and oxygen atoms in total. The monoisotopic (exact) mass is 267 g/mol. The summed E-state index contributed by atoms with van der Waals surface area (Å²) in [6.45, 7) is 0. The van der Waals surface area contributed by atoms with Crippen LogP contribution in [0.15, 0.2) is 24.3 Å². The van der Waals surface area contributed by atoms with Crippen LogP contribution in [0.5, 0.6) is 0 Å². The van der Waals surface area contributed by atoms with Gasteiger partial charge < -0.3 is 0 Å². The molecule has 1 aliphatic carbocycles. The average molecular weight is 266 g/mol. The molecule has 0 N–H and O–H groups in total. The number of hydrogen-bond acceptors (Lipinski definition) is 0. The van der Waals surface area contributed by atoms with Gasteiger partial charge in [-0.3, -0.25) is 0 Å². The van der Waals surface area contributed by atoms with Gasteiger partial charge in [0, 0.05) is 0 Å². The summed E-state index contributed by atoms with van der Waals surface area (Å²) in [5.41, 5.74) is 2.74. The Morgan fingerprint density at radius 1 is 0.833 bits per heavy atom. The van der Waals surface area contributed by atoms with E-state index in [4.69, 9.17) is 0 Å². The Kier molecular flexibility index (Phi) is 3.86. The second kappa shape index (κ2) is 4.70. The summed E-state index contributed by atoms with van der Waals surface area (Å²) in [5.74, 6) is 0. The van der Waals surface area contributed by atoms with Crippen LogP contribution in [-0.4, -0.2) is 19.8 Å². The van der Waals surface area contributed by atoms with Crippen LogP contribution in [-0.2, 0) is 0 Å². The van der Waals surface area contributed by atoms with E-state index >= 15 is 0 Å². The molecule has 63 valence electrons. The molecule has 1 radical (unpaired) electrons. The summed E-state index contributed by atoms with van der Waals surface area (Å²) in [6.07, 6.45) is 4.24. The average Bonchev–Trinajstić information content (AvgIpc) is 1.90. The van der Waals surface area contributed by atoms with Crippen molar-refractivity contribution in [1.29, 1.82) is 0 Å². The van der Waals surface area contributed by atoms with Crippen molar-refractivity contribution in [2.45, 2.75) is 14.8 Å². The van der Waals surface area contributed by atoms with Gasteiger partial charge in [-0.05, 0) is 11.1 Å². The zero-order valence-corrected chi connectivity index (χ0v) is 10.8. The molecule has 1 aromatic rings. The van der Waals surface area contributed by atoms with Crippen LogP contribution in [0.1, 0.15) is 11.1 Å². The fourth-order valence-corrected chi connectivity index (χ4v) is 0.898. The van der Waals surface area contributed by atoms with E-state index in [2.05, 4.69) is 51.2 Å². The van der Waals surface area contributed by atoms with Crippen LogP contribution in [0, 0.1) is 0 Å². The van der Waals surface area contributed by atoms with Crippen molar-refractivity contribution >= 4 is 31.9 Å². The predicted molar refractivity (Wildman–Crippen MR) is 58.7 cm³/mol. The Bertz CT molecular complexity index is 246. The summed E-state index contributed by atoms with van der Waals surface area (Å²) >= 11 is -0.543. The van der Waals surface area contributed by atoms with Gasteiger partial charge in [-0.15, -0.1) is 0 Å². The third-order valence-corrected chi connectivity index (χ3v) is 1.44. The predicted octanol–water partition coefficient (Wildman–Crippen LogP) is 3.54.